The molecule has 132 valence electrons. The molecule has 3 aromatic heterocycles. The van der Waals surface area contributed by atoms with E-state index in [1.165, 1.54) is 0 Å². The van der Waals surface area contributed by atoms with Crippen LogP contribution in [0, 0.1) is 13.8 Å². The first-order valence-corrected chi connectivity index (χ1v) is 9.29. The Labute approximate surface area is 155 Å². The first-order chi connectivity index (χ1) is 12.6. The topological polar surface area (TPSA) is 51.9 Å². The summed E-state index contributed by atoms with van der Waals surface area (Å²) in [6.07, 6.45) is 3.93. The molecule has 0 aliphatic rings. The van der Waals surface area contributed by atoms with Crippen LogP contribution >= 0.6 is 11.3 Å². The number of carbonyl (C=O) groups is 1. The molecule has 0 saturated carbocycles. The second kappa shape index (κ2) is 6.46. The van der Waals surface area contributed by atoms with Gasteiger partial charge in [0.15, 0.2) is 0 Å². The number of nitrogens with zero attached hydrogens (tertiary/aromatic N) is 3. The van der Waals surface area contributed by atoms with Crippen molar-refractivity contribution < 1.29 is 4.79 Å². The fourth-order valence-electron chi connectivity index (χ4n) is 3.13. The molecule has 0 spiro atoms. The molecule has 4 aromatic rings. The van der Waals surface area contributed by atoms with Gasteiger partial charge in [-0.15, -0.1) is 11.3 Å². The van der Waals surface area contributed by atoms with E-state index in [0.717, 1.165) is 37.9 Å². The van der Waals surface area contributed by atoms with Gasteiger partial charge in [0.05, 0.1) is 23.1 Å². The molecular formula is C20H20N4OS. The van der Waals surface area contributed by atoms with E-state index in [0.29, 0.717) is 6.54 Å². The average Bonchev–Trinajstić information content (AvgIpc) is 3.34. The van der Waals surface area contributed by atoms with Crippen molar-refractivity contribution in [3.05, 3.63) is 70.6 Å². The Morgan fingerprint density at radius 2 is 1.88 bits per heavy atom. The van der Waals surface area contributed by atoms with Crippen molar-refractivity contribution in [1.29, 1.82) is 0 Å². The van der Waals surface area contributed by atoms with E-state index in [4.69, 9.17) is 0 Å². The average molecular weight is 364 g/mol. The minimum Gasteiger partial charge on any atom is -0.345 e. The fourth-order valence-corrected chi connectivity index (χ4v) is 4.25. The highest BCUT2D eigenvalue weighted by Gasteiger charge is 2.21. The van der Waals surface area contributed by atoms with E-state index < -0.39 is 0 Å². The van der Waals surface area contributed by atoms with Gasteiger partial charge in [-0.2, -0.15) is 0 Å². The quantitative estimate of drug-likeness (QED) is 0.596. The van der Waals surface area contributed by atoms with Gasteiger partial charge in [-0.25, -0.2) is 4.98 Å². The van der Waals surface area contributed by atoms with E-state index >= 15 is 0 Å². The van der Waals surface area contributed by atoms with Gasteiger partial charge in [-0.05, 0) is 43.7 Å². The molecule has 0 fully saturated rings. The van der Waals surface area contributed by atoms with Gasteiger partial charge in [0.1, 0.15) is 10.8 Å². The molecule has 5 nitrogen and oxygen atoms in total. The van der Waals surface area contributed by atoms with Gasteiger partial charge in [0.2, 0.25) is 0 Å². The molecule has 0 aliphatic heterocycles. The maximum atomic E-state index is 12.9. The molecule has 26 heavy (non-hydrogen) atoms. The second-order valence-corrected chi connectivity index (χ2v) is 7.52. The summed E-state index contributed by atoms with van der Waals surface area (Å²) in [5.74, 6) is 0.772. The predicted octanol–water partition coefficient (Wildman–Crippen LogP) is 3.97. The number of hydrogen-bond acceptors (Lipinski definition) is 3. The molecule has 1 amide bonds. The number of imidazole rings is 1. The summed E-state index contributed by atoms with van der Waals surface area (Å²) in [6, 6.07) is 11.9. The highest BCUT2D eigenvalue weighted by molar-refractivity contribution is 7.15. The zero-order chi connectivity index (χ0) is 18.3. The highest BCUT2D eigenvalue weighted by Crippen LogP contribution is 2.31. The van der Waals surface area contributed by atoms with E-state index in [1.54, 1.807) is 11.3 Å². The normalized spacial score (nSPS) is 11.2. The monoisotopic (exact) mass is 364 g/mol. The van der Waals surface area contributed by atoms with Crippen LogP contribution in [0.4, 0.5) is 0 Å². The molecule has 0 atom stereocenters. The molecule has 0 bridgehead atoms. The molecule has 4 rings (SSSR count). The molecular weight excluding hydrogens is 344 g/mol. The minimum absolute atomic E-state index is 0.0670. The molecule has 0 unspecified atom stereocenters. The number of nitrogens with one attached hydrogen (secondary N) is 1. The number of rotatable bonds is 4. The Morgan fingerprint density at radius 1 is 1.15 bits per heavy atom. The Kier molecular flexibility index (Phi) is 4.12. The summed E-state index contributed by atoms with van der Waals surface area (Å²) in [5, 5.41) is 4.00. The SMILES string of the molecule is Cc1sc(-n2cccc2)c(C(=O)NCc2nc3ccccc3n2C)c1C. The number of fused-ring (bicyclic) bond motifs is 1. The van der Waals surface area contributed by atoms with Crippen molar-refractivity contribution in [2.45, 2.75) is 20.4 Å². The maximum Gasteiger partial charge on any atom is 0.254 e. The van der Waals surface area contributed by atoms with Crippen LogP contribution in [0.2, 0.25) is 0 Å². The van der Waals surface area contributed by atoms with Crippen LogP contribution in [0.15, 0.2) is 48.8 Å². The summed E-state index contributed by atoms with van der Waals surface area (Å²) in [5.41, 5.74) is 3.77. The Morgan fingerprint density at radius 3 is 2.62 bits per heavy atom. The van der Waals surface area contributed by atoms with Crippen LogP contribution in [0.3, 0.4) is 0 Å². The standard InChI is InChI=1S/C20H20N4OS/c1-13-14(2)26-20(24-10-6-7-11-24)18(13)19(25)21-12-17-22-15-8-4-5-9-16(15)23(17)3/h4-11H,12H2,1-3H3,(H,21,25). The third kappa shape index (κ3) is 2.72. The minimum atomic E-state index is -0.0670. The fraction of sp³-hybridized carbons (Fsp3) is 0.200. The van der Waals surface area contributed by atoms with Gasteiger partial charge in [-0.1, -0.05) is 12.1 Å². The van der Waals surface area contributed by atoms with Gasteiger partial charge in [0, 0.05) is 24.3 Å². The van der Waals surface area contributed by atoms with Gasteiger partial charge < -0.3 is 14.5 Å². The van der Waals surface area contributed by atoms with Crippen LogP contribution in [-0.2, 0) is 13.6 Å². The summed E-state index contributed by atoms with van der Waals surface area (Å²) in [7, 11) is 1.97. The third-order valence-electron chi connectivity index (χ3n) is 4.72. The summed E-state index contributed by atoms with van der Waals surface area (Å²) in [6.45, 7) is 4.45. The van der Waals surface area contributed by atoms with Crippen molar-refractivity contribution in [2.75, 3.05) is 0 Å². The van der Waals surface area contributed by atoms with Crippen molar-refractivity contribution in [1.82, 2.24) is 19.4 Å². The second-order valence-electron chi connectivity index (χ2n) is 6.31. The molecule has 0 saturated heterocycles. The van der Waals surface area contributed by atoms with Crippen molar-refractivity contribution in [3.8, 4) is 5.00 Å². The molecule has 1 aromatic carbocycles. The summed E-state index contributed by atoms with van der Waals surface area (Å²) < 4.78 is 4.02. The number of thiophene rings is 1. The van der Waals surface area contributed by atoms with Crippen molar-refractivity contribution in [2.24, 2.45) is 7.05 Å². The zero-order valence-corrected chi connectivity index (χ0v) is 15.8. The molecule has 6 heteroatoms. The predicted molar refractivity (Wildman–Crippen MR) is 105 cm³/mol. The first kappa shape index (κ1) is 16.6. The van der Waals surface area contributed by atoms with Crippen molar-refractivity contribution in [3.63, 3.8) is 0 Å². The van der Waals surface area contributed by atoms with E-state index in [1.807, 2.05) is 71.9 Å². The van der Waals surface area contributed by atoms with Crippen LogP contribution in [0.25, 0.3) is 16.0 Å². The Bertz CT molecular complexity index is 1090. The van der Waals surface area contributed by atoms with Crippen LogP contribution in [-0.4, -0.2) is 20.0 Å². The lowest BCUT2D eigenvalue weighted by Gasteiger charge is -2.08. The van der Waals surface area contributed by atoms with Gasteiger partial charge in [-0.3, -0.25) is 4.79 Å². The van der Waals surface area contributed by atoms with Crippen LogP contribution in [0.1, 0.15) is 26.6 Å². The molecule has 1 N–H and O–H groups in total. The first-order valence-electron chi connectivity index (χ1n) is 8.48. The number of para-hydroxylation sites is 2. The highest BCUT2D eigenvalue weighted by atomic mass is 32.1. The smallest absolute Gasteiger partial charge is 0.254 e. The van der Waals surface area contributed by atoms with Gasteiger partial charge >= 0.3 is 0 Å². The number of aromatic nitrogens is 3. The number of carbonyl (C=O) groups excluding carboxylic acids is 1. The summed E-state index contributed by atoms with van der Waals surface area (Å²) >= 11 is 1.64. The molecule has 0 aliphatic carbocycles. The van der Waals surface area contributed by atoms with E-state index in [2.05, 4.69) is 17.2 Å². The Hall–Kier alpha value is -2.86. The van der Waals surface area contributed by atoms with Gasteiger partial charge in [0.25, 0.3) is 5.91 Å². The van der Waals surface area contributed by atoms with E-state index in [-0.39, 0.29) is 5.91 Å². The zero-order valence-electron chi connectivity index (χ0n) is 15.0. The van der Waals surface area contributed by atoms with Crippen molar-refractivity contribution >= 4 is 28.3 Å². The number of hydrogen-bond donors (Lipinski definition) is 1. The number of amides is 1. The summed E-state index contributed by atoms with van der Waals surface area (Å²) in [4.78, 5) is 18.7. The van der Waals surface area contributed by atoms with E-state index in [9.17, 15) is 4.79 Å². The lowest BCUT2D eigenvalue weighted by atomic mass is 10.1. The maximum absolute atomic E-state index is 12.9. The molecule has 3 heterocycles. The molecule has 0 radical (unpaired) electrons. The number of aryl methyl sites for hydroxylation is 2. The van der Waals surface area contributed by atoms with Crippen LogP contribution in [0.5, 0.6) is 0 Å². The number of benzene rings is 1. The largest absolute Gasteiger partial charge is 0.345 e. The Balaban J connectivity index is 1.62. The lowest BCUT2D eigenvalue weighted by Crippen LogP contribution is -2.25. The van der Waals surface area contributed by atoms with Crippen LogP contribution < -0.4 is 5.32 Å². The third-order valence-corrected chi connectivity index (χ3v) is 5.94. The lowest BCUT2D eigenvalue weighted by molar-refractivity contribution is 0.0949.